The molecule has 182 valence electrons. The minimum atomic E-state index is -1.59. The van der Waals surface area contributed by atoms with Crippen molar-refractivity contribution in [3.05, 3.63) is 64.2 Å². The highest BCUT2D eigenvalue weighted by Crippen LogP contribution is 2.34. The molecule has 2 aliphatic rings. The van der Waals surface area contributed by atoms with Crippen LogP contribution in [0.4, 0.5) is 0 Å². The maximum Gasteiger partial charge on any atom is 0.303 e. The van der Waals surface area contributed by atoms with E-state index in [2.05, 4.69) is 0 Å². The molecular formula is C25H27ClO8. The fraction of sp³-hybridized carbons (Fsp3) is 0.440. The molecule has 2 heterocycles. The van der Waals surface area contributed by atoms with Crippen LogP contribution >= 0.6 is 11.6 Å². The number of hydrogen-bond donors (Lipinski definition) is 2. The van der Waals surface area contributed by atoms with E-state index in [4.69, 9.17) is 30.5 Å². The number of Topliss-reactive ketones (excluding diaryl/α,β-unsaturated/α-hetero) is 1. The van der Waals surface area contributed by atoms with Gasteiger partial charge in [0.2, 0.25) is 5.78 Å². The maximum atomic E-state index is 12.6. The van der Waals surface area contributed by atoms with Crippen LogP contribution < -0.4 is 4.74 Å². The summed E-state index contributed by atoms with van der Waals surface area (Å²) in [6.45, 7) is 1.93. The topological polar surface area (TPSA) is 112 Å². The highest BCUT2D eigenvalue weighted by atomic mass is 35.5. The predicted octanol–water partition coefficient (Wildman–Crippen LogP) is 2.39. The van der Waals surface area contributed by atoms with Crippen LogP contribution in [0.2, 0.25) is 5.02 Å². The van der Waals surface area contributed by atoms with Crippen LogP contribution in [0.25, 0.3) is 0 Å². The monoisotopic (exact) mass is 490 g/mol. The Bertz CT molecular complexity index is 1020. The Hall–Kier alpha value is -2.49. The number of hydrogen-bond acceptors (Lipinski definition) is 8. The van der Waals surface area contributed by atoms with Gasteiger partial charge in [0.1, 0.15) is 30.2 Å². The lowest BCUT2D eigenvalue weighted by molar-refractivity contribution is -0.200. The standard InChI is InChI=1S/C25H27ClO8/c1-14(28)32-25-23(30)22(29)21(12-27)34-24(25)16-4-7-20(26)17(11-16)10-15-2-5-18(6-3-15)33-19-8-9-31-13-19/h2-7,11,19,21-22,24-25,27,29H,8-10,12-13H2,1H3/t19-,21+,22?,24-,25?/m0/s1. The van der Waals surface area contributed by atoms with Gasteiger partial charge < -0.3 is 29.2 Å². The Balaban J connectivity index is 1.54. The van der Waals surface area contributed by atoms with E-state index in [-0.39, 0.29) is 6.10 Å². The fourth-order valence-electron chi connectivity index (χ4n) is 4.14. The molecule has 0 spiro atoms. The van der Waals surface area contributed by atoms with Crippen molar-refractivity contribution in [2.24, 2.45) is 0 Å². The molecule has 0 saturated carbocycles. The number of benzene rings is 2. The second-order valence-electron chi connectivity index (χ2n) is 8.43. The van der Waals surface area contributed by atoms with Gasteiger partial charge in [0.05, 0.1) is 19.8 Å². The first kappa shape index (κ1) is 24.6. The number of carbonyl (C=O) groups excluding carboxylic acids is 2. The molecule has 2 aromatic rings. The average molecular weight is 491 g/mol. The highest BCUT2D eigenvalue weighted by molar-refractivity contribution is 6.31. The summed E-state index contributed by atoms with van der Waals surface area (Å²) in [5.41, 5.74) is 2.32. The number of esters is 1. The molecule has 0 bridgehead atoms. The molecule has 2 fully saturated rings. The zero-order valence-corrected chi connectivity index (χ0v) is 19.4. The Morgan fingerprint density at radius 1 is 1.21 bits per heavy atom. The van der Waals surface area contributed by atoms with Crippen LogP contribution in [0.15, 0.2) is 42.5 Å². The predicted molar refractivity (Wildman–Crippen MR) is 122 cm³/mol. The third-order valence-electron chi connectivity index (χ3n) is 5.90. The minimum Gasteiger partial charge on any atom is -0.488 e. The molecule has 4 rings (SSSR count). The van der Waals surface area contributed by atoms with Gasteiger partial charge in [-0.2, -0.15) is 0 Å². The lowest BCUT2D eigenvalue weighted by Crippen LogP contribution is -2.53. The zero-order valence-electron chi connectivity index (χ0n) is 18.7. The average Bonchev–Trinajstić information content (AvgIpc) is 3.33. The van der Waals surface area contributed by atoms with Gasteiger partial charge in [0, 0.05) is 18.4 Å². The number of rotatable bonds is 7. The van der Waals surface area contributed by atoms with Gasteiger partial charge in [-0.25, -0.2) is 0 Å². The second-order valence-corrected chi connectivity index (χ2v) is 8.84. The van der Waals surface area contributed by atoms with Crippen LogP contribution in [-0.4, -0.2) is 66.2 Å². The van der Waals surface area contributed by atoms with E-state index in [9.17, 15) is 19.8 Å². The third-order valence-corrected chi connectivity index (χ3v) is 6.27. The van der Waals surface area contributed by atoms with E-state index in [0.29, 0.717) is 30.2 Å². The van der Waals surface area contributed by atoms with Crippen molar-refractivity contribution in [2.75, 3.05) is 19.8 Å². The summed E-state index contributed by atoms with van der Waals surface area (Å²) in [6.07, 6.45) is -3.59. The van der Waals surface area contributed by atoms with E-state index in [1.807, 2.05) is 24.3 Å². The van der Waals surface area contributed by atoms with Crippen LogP contribution in [0, 0.1) is 0 Å². The van der Waals surface area contributed by atoms with Crippen LogP contribution in [-0.2, 0) is 30.2 Å². The molecule has 0 aromatic heterocycles. The van der Waals surface area contributed by atoms with E-state index in [1.54, 1.807) is 18.2 Å². The first-order valence-corrected chi connectivity index (χ1v) is 11.5. The van der Waals surface area contributed by atoms with Gasteiger partial charge in [0.25, 0.3) is 0 Å². The normalized spacial score (nSPS) is 26.9. The lowest BCUT2D eigenvalue weighted by Gasteiger charge is -2.37. The summed E-state index contributed by atoms with van der Waals surface area (Å²) in [5.74, 6) is -0.626. The fourth-order valence-corrected chi connectivity index (χ4v) is 4.33. The van der Waals surface area contributed by atoms with Crippen molar-refractivity contribution in [3.8, 4) is 5.75 Å². The van der Waals surface area contributed by atoms with Crippen LogP contribution in [0.1, 0.15) is 36.1 Å². The molecule has 5 atom stereocenters. The van der Waals surface area contributed by atoms with Gasteiger partial charge in [-0.1, -0.05) is 35.9 Å². The summed E-state index contributed by atoms with van der Waals surface area (Å²) < 4.78 is 22.2. The lowest BCUT2D eigenvalue weighted by atomic mass is 9.91. The number of ketones is 1. The molecule has 9 heteroatoms. The Kier molecular flexibility index (Phi) is 7.85. The van der Waals surface area contributed by atoms with Crippen molar-refractivity contribution < 1.29 is 38.7 Å². The molecular weight excluding hydrogens is 464 g/mol. The molecule has 2 N–H and O–H groups in total. The molecule has 2 saturated heterocycles. The van der Waals surface area contributed by atoms with Crippen LogP contribution in [0.5, 0.6) is 5.75 Å². The Morgan fingerprint density at radius 3 is 2.62 bits per heavy atom. The van der Waals surface area contributed by atoms with Gasteiger partial charge in [-0.3, -0.25) is 9.59 Å². The van der Waals surface area contributed by atoms with Crippen molar-refractivity contribution in [1.82, 2.24) is 0 Å². The number of halogens is 1. The quantitative estimate of drug-likeness (QED) is 0.569. The molecule has 2 aliphatic heterocycles. The summed E-state index contributed by atoms with van der Waals surface area (Å²) in [6, 6.07) is 12.8. The number of ether oxygens (including phenoxy) is 4. The van der Waals surface area contributed by atoms with Gasteiger partial charge in [0.15, 0.2) is 6.10 Å². The smallest absolute Gasteiger partial charge is 0.303 e. The second kappa shape index (κ2) is 10.8. The molecule has 0 radical (unpaired) electrons. The van der Waals surface area contributed by atoms with E-state index in [0.717, 1.165) is 23.3 Å². The Morgan fingerprint density at radius 2 is 1.97 bits per heavy atom. The summed E-state index contributed by atoms with van der Waals surface area (Å²) >= 11 is 6.45. The largest absolute Gasteiger partial charge is 0.488 e. The Labute approximate surface area is 202 Å². The van der Waals surface area contributed by atoms with Crippen molar-refractivity contribution in [1.29, 1.82) is 0 Å². The van der Waals surface area contributed by atoms with E-state index < -0.39 is 42.8 Å². The van der Waals surface area contributed by atoms with Gasteiger partial charge in [-0.15, -0.1) is 0 Å². The molecule has 8 nitrogen and oxygen atoms in total. The molecule has 0 aliphatic carbocycles. The molecule has 0 amide bonds. The first-order valence-electron chi connectivity index (χ1n) is 11.1. The first-order chi connectivity index (χ1) is 16.4. The summed E-state index contributed by atoms with van der Waals surface area (Å²) in [4.78, 5) is 24.2. The molecule has 2 unspecified atom stereocenters. The minimum absolute atomic E-state index is 0.0709. The summed E-state index contributed by atoms with van der Waals surface area (Å²) in [7, 11) is 0. The molecule has 2 aromatic carbocycles. The van der Waals surface area contributed by atoms with Crippen LogP contribution in [0.3, 0.4) is 0 Å². The van der Waals surface area contributed by atoms with Crippen molar-refractivity contribution in [3.63, 3.8) is 0 Å². The number of carbonyl (C=O) groups is 2. The maximum absolute atomic E-state index is 12.6. The highest BCUT2D eigenvalue weighted by Gasteiger charge is 2.46. The van der Waals surface area contributed by atoms with Crippen molar-refractivity contribution >= 4 is 23.4 Å². The zero-order chi connectivity index (χ0) is 24.2. The van der Waals surface area contributed by atoms with Gasteiger partial charge >= 0.3 is 5.97 Å². The SMILES string of the molecule is CC(=O)OC1C(=O)C(O)[C@@H](CO)O[C@H]1c1ccc(Cl)c(Cc2ccc(O[C@H]3CCOC3)cc2)c1. The van der Waals surface area contributed by atoms with E-state index >= 15 is 0 Å². The molecule has 34 heavy (non-hydrogen) atoms. The van der Waals surface area contributed by atoms with E-state index in [1.165, 1.54) is 6.92 Å². The summed E-state index contributed by atoms with van der Waals surface area (Å²) in [5, 5.41) is 20.2. The third kappa shape index (κ3) is 5.59. The number of aliphatic hydroxyl groups is 2. The van der Waals surface area contributed by atoms with Gasteiger partial charge in [-0.05, 0) is 41.3 Å². The van der Waals surface area contributed by atoms with Crippen molar-refractivity contribution in [2.45, 2.75) is 50.3 Å². The number of aliphatic hydroxyl groups excluding tert-OH is 2.